The highest BCUT2D eigenvalue weighted by Gasteiger charge is 2.02. The Kier molecular flexibility index (Phi) is 4.08. The molecule has 0 aliphatic carbocycles. The molecule has 96 valence electrons. The van der Waals surface area contributed by atoms with Gasteiger partial charge in [-0.3, -0.25) is 9.78 Å². The Morgan fingerprint density at radius 2 is 1.89 bits per heavy atom. The summed E-state index contributed by atoms with van der Waals surface area (Å²) in [7, 11) is 3.94. The lowest BCUT2D eigenvalue weighted by Gasteiger charge is -2.11. The van der Waals surface area contributed by atoms with E-state index in [0.29, 0.717) is 5.56 Å². The molecule has 0 radical (unpaired) electrons. The van der Waals surface area contributed by atoms with Crippen LogP contribution < -0.4 is 4.90 Å². The van der Waals surface area contributed by atoms with Gasteiger partial charge in [0.1, 0.15) is 0 Å². The summed E-state index contributed by atoms with van der Waals surface area (Å²) in [5.74, 6) is -0.00541. The number of pyridine rings is 1. The number of rotatable bonds is 4. The third kappa shape index (κ3) is 3.52. The largest absolute Gasteiger partial charge is 0.378 e. The molecule has 0 unspecified atom stereocenters. The standard InChI is InChI=1S/C16H16N2O/c1-18(2)15-8-6-14(7-9-15)16(19)10-5-13-4-3-11-17-12-13/h3-12H,1-2H3/b10-5+. The molecule has 0 N–H and O–H groups in total. The van der Waals surface area contributed by atoms with E-state index in [1.165, 1.54) is 0 Å². The molecule has 0 saturated heterocycles. The lowest BCUT2D eigenvalue weighted by Crippen LogP contribution is -2.08. The van der Waals surface area contributed by atoms with Gasteiger partial charge in [-0.1, -0.05) is 6.07 Å². The smallest absolute Gasteiger partial charge is 0.185 e. The highest BCUT2D eigenvalue weighted by Crippen LogP contribution is 2.13. The van der Waals surface area contributed by atoms with Crippen molar-refractivity contribution in [2.24, 2.45) is 0 Å². The number of allylic oxidation sites excluding steroid dienone is 1. The predicted molar refractivity (Wildman–Crippen MR) is 78.4 cm³/mol. The number of hydrogen-bond donors (Lipinski definition) is 0. The summed E-state index contributed by atoms with van der Waals surface area (Å²) < 4.78 is 0. The maximum atomic E-state index is 12.0. The molecule has 2 rings (SSSR count). The maximum absolute atomic E-state index is 12.0. The fourth-order valence-electron chi connectivity index (χ4n) is 1.67. The van der Waals surface area contributed by atoms with Gasteiger partial charge in [-0.15, -0.1) is 0 Å². The minimum absolute atomic E-state index is 0.00541. The van der Waals surface area contributed by atoms with E-state index >= 15 is 0 Å². The van der Waals surface area contributed by atoms with Gasteiger partial charge in [-0.2, -0.15) is 0 Å². The number of hydrogen-bond acceptors (Lipinski definition) is 3. The zero-order chi connectivity index (χ0) is 13.7. The van der Waals surface area contributed by atoms with Gasteiger partial charge in [-0.05, 0) is 48.0 Å². The summed E-state index contributed by atoms with van der Waals surface area (Å²) in [6.45, 7) is 0. The summed E-state index contributed by atoms with van der Waals surface area (Å²) >= 11 is 0. The number of carbonyl (C=O) groups is 1. The van der Waals surface area contributed by atoms with Crippen LogP contribution >= 0.6 is 0 Å². The van der Waals surface area contributed by atoms with Crippen molar-refractivity contribution < 1.29 is 4.79 Å². The molecule has 0 amide bonds. The zero-order valence-corrected chi connectivity index (χ0v) is 11.1. The summed E-state index contributed by atoms with van der Waals surface area (Å²) in [4.78, 5) is 18.0. The van der Waals surface area contributed by atoms with Crippen LogP contribution in [0.4, 0.5) is 5.69 Å². The SMILES string of the molecule is CN(C)c1ccc(C(=O)/C=C/c2cccnc2)cc1. The van der Waals surface area contributed by atoms with Crippen LogP contribution in [0.15, 0.2) is 54.9 Å². The highest BCUT2D eigenvalue weighted by atomic mass is 16.1. The fourth-order valence-corrected chi connectivity index (χ4v) is 1.67. The van der Waals surface area contributed by atoms with Crippen molar-refractivity contribution in [1.29, 1.82) is 0 Å². The Labute approximate surface area is 113 Å². The van der Waals surface area contributed by atoms with E-state index in [4.69, 9.17) is 0 Å². The van der Waals surface area contributed by atoms with Crippen LogP contribution in [0, 0.1) is 0 Å². The molecular formula is C16H16N2O. The number of anilines is 1. The van der Waals surface area contributed by atoms with E-state index < -0.39 is 0 Å². The molecule has 0 fully saturated rings. The number of ketones is 1. The van der Waals surface area contributed by atoms with Gasteiger partial charge in [0.2, 0.25) is 0 Å². The van der Waals surface area contributed by atoms with Crippen molar-refractivity contribution in [3.05, 3.63) is 66.0 Å². The Hall–Kier alpha value is -2.42. The normalized spacial score (nSPS) is 10.6. The van der Waals surface area contributed by atoms with E-state index in [-0.39, 0.29) is 5.78 Å². The molecule has 0 saturated carbocycles. The van der Waals surface area contributed by atoms with Crippen LogP contribution in [0.2, 0.25) is 0 Å². The van der Waals surface area contributed by atoms with Crippen molar-refractivity contribution >= 4 is 17.5 Å². The van der Waals surface area contributed by atoms with Gasteiger partial charge >= 0.3 is 0 Å². The van der Waals surface area contributed by atoms with E-state index in [9.17, 15) is 4.79 Å². The summed E-state index contributed by atoms with van der Waals surface area (Å²) in [6, 6.07) is 11.3. The first-order valence-electron chi connectivity index (χ1n) is 6.06. The summed E-state index contributed by atoms with van der Waals surface area (Å²) in [6.07, 6.45) is 6.77. The third-order valence-corrected chi connectivity index (χ3v) is 2.78. The van der Waals surface area contributed by atoms with Gasteiger partial charge in [-0.25, -0.2) is 0 Å². The molecule has 0 spiro atoms. The van der Waals surface area contributed by atoms with Gasteiger partial charge in [0.05, 0.1) is 0 Å². The summed E-state index contributed by atoms with van der Waals surface area (Å²) in [5.41, 5.74) is 2.68. The van der Waals surface area contributed by atoms with Crippen LogP contribution in [0.25, 0.3) is 6.08 Å². The van der Waals surface area contributed by atoms with E-state index in [2.05, 4.69) is 4.98 Å². The van der Waals surface area contributed by atoms with Crippen LogP contribution in [0.3, 0.4) is 0 Å². The second-order valence-electron chi connectivity index (χ2n) is 4.43. The molecule has 0 bridgehead atoms. The number of benzene rings is 1. The molecule has 19 heavy (non-hydrogen) atoms. The predicted octanol–water partition coefficient (Wildman–Crippen LogP) is 3.04. The number of carbonyl (C=O) groups excluding carboxylic acids is 1. The Bertz CT molecular complexity index is 571. The average Bonchev–Trinajstić information content (AvgIpc) is 2.46. The lowest BCUT2D eigenvalue weighted by atomic mass is 10.1. The second-order valence-corrected chi connectivity index (χ2v) is 4.43. The van der Waals surface area contributed by atoms with Gasteiger partial charge in [0.15, 0.2) is 5.78 Å². The molecule has 2 aromatic rings. The van der Waals surface area contributed by atoms with Crippen LogP contribution in [0.5, 0.6) is 0 Å². The molecule has 1 aromatic heterocycles. The maximum Gasteiger partial charge on any atom is 0.185 e. The molecule has 0 aliphatic rings. The van der Waals surface area contributed by atoms with E-state index in [1.807, 2.05) is 55.4 Å². The molecule has 1 aromatic carbocycles. The molecule has 0 atom stereocenters. The molecular weight excluding hydrogens is 236 g/mol. The minimum atomic E-state index is -0.00541. The van der Waals surface area contributed by atoms with Crippen LogP contribution in [-0.2, 0) is 0 Å². The quantitative estimate of drug-likeness (QED) is 0.619. The first-order valence-corrected chi connectivity index (χ1v) is 6.06. The average molecular weight is 252 g/mol. The Morgan fingerprint density at radius 1 is 1.16 bits per heavy atom. The molecule has 0 aliphatic heterocycles. The third-order valence-electron chi connectivity index (χ3n) is 2.78. The lowest BCUT2D eigenvalue weighted by molar-refractivity contribution is 0.104. The minimum Gasteiger partial charge on any atom is -0.378 e. The Morgan fingerprint density at radius 3 is 2.47 bits per heavy atom. The highest BCUT2D eigenvalue weighted by molar-refractivity contribution is 6.06. The number of nitrogens with zero attached hydrogens (tertiary/aromatic N) is 2. The second kappa shape index (κ2) is 5.96. The monoisotopic (exact) mass is 252 g/mol. The Balaban J connectivity index is 2.10. The van der Waals surface area contributed by atoms with Crippen molar-refractivity contribution in [3.63, 3.8) is 0 Å². The molecule has 1 heterocycles. The summed E-state index contributed by atoms with van der Waals surface area (Å²) in [5, 5.41) is 0. The van der Waals surface area contributed by atoms with Crippen molar-refractivity contribution in [2.75, 3.05) is 19.0 Å². The van der Waals surface area contributed by atoms with Crippen molar-refractivity contribution in [2.45, 2.75) is 0 Å². The fraction of sp³-hybridized carbons (Fsp3) is 0.125. The van der Waals surface area contributed by atoms with Gasteiger partial charge in [0.25, 0.3) is 0 Å². The molecule has 3 nitrogen and oxygen atoms in total. The van der Waals surface area contributed by atoms with Gasteiger partial charge in [0, 0.05) is 37.7 Å². The van der Waals surface area contributed by atoms with Crippen LogP contribution in [-0.4, -0.2) is 24.9 Å². The zero-order valence-electron chi connectivity index (χ0n) is 11.1. The van der Waals surface area contributed by atoms with E-state index in [1.54, 1.807) is 24.5 Å². The molecule has 3 heteroatoms. The van der Waals surface area contributed by atoms with Gasteiger partial charge < -0.3 is 4.90 Å². The first kappa shape index (κ1) is 13.0. The first-order chi connectivity index (χ1) is 9.16. The number of aromatic nitrogens is 1. The van der Waals surface area contributed by atoms with E-state index in [0.717, 1.165) is 11.3 Å². The topological polar surface area (TPSA) is 33.2 Å². The van der Waals surface area contributed by atoms with Crippen LogP contribution in [0.1, 0.15) is 15.9 Å². The van der Waals surface area contributed by atoms with Crippen molar-refractivity contribution in [1.82, 2.24) is 4.98 Å². The van der Waals surface area contributed by atoms with Crippen molar-refractivity contribution in [3.8, 4) is 0 Å².